The van der Waals surface area contributed by atoms with E-state index in [0.717, 1.165) is 25.3 Å². The summed E-state index contributed by atoms with van der Waals surface area (Å²) in [5.41, 5.74) is 0.254. The first-order valence-electron chi connectivity index (χ1n) is 11.1. The Morgan fingerprint density at radius 3 is 2.27 bits per heavy atom. The van der Waals surface area contributed by atoms with E-state index in [2.05, 4.69) is 10.6 Å². The van der Waals surface area contributed by atoms with Gasteiger partial charge in [0.1, 0.15) is 11.9 Å². The minimum Gasteiger partial charge on any atom is -0.350 e. The fraction of sp³-hybridized carbons (Fsp3) is 0.625. The first-order chi connectivity index (χ1) is 14.3. The molecule has 2 N–H and O–H groups in total. The van der Waals surface area contributed by atoms with Gasteiger partial charge in [-0.05, 0) is 74.3 Å². The molecule has 6 heteroatoms. The van der Waals surface area contributed by atoms with Gasteiger partial charge in [0.05, 0.1) is 11.6 Å². The normalized spacial score (nSPS) is 30.0. The molecule has 5 nitrogen and oxygen atoms in total. The Bertz CT molecular complexity index is 854. The molecule has 0 heterocycles. The van der Waals surface area contributed by atoms with Gasteiger partial charge in [0.25, 0.3) is 0 Å². The van der Waals surface area contributed by atoms with Crippen LogP contribution in [-0.4, -0.2) is 17.9 Å². The molecule has 30 heavy (non-hydrogen) atoms. The Balaban J connectivity index is 1.41. The summed E-state index contributed by atoms with van der Waals surface area (Å²) in [5, 5.41) is 14.7. The second kappa shape index (κ2) is 8.02. The van der Waals surface area contributed by atoms with E-state index < -0.39 is 11.9 Å². The van der Waals surface area contributed by atoms with Crippen LogP contribution in [0.5, 0.6) is 0 Å². The largest absolute Gasteiger partial charge is 0.350 e. The van der Waals surface area contributed by atoms with Crippen molar-refractivity contribution in [3.8, 4) is 6.07 Å². The summed E-state index contributed by atoms with van der Waals surface area (Å²) in [7, 11) is 0. The number of nitriles is 1. The van der Waals surface area contributed by atoms with Crippen LogP contribution in [0.15, 0.2) is 18.2 Å². The van der Waals surface area contributed by atoms with Gasteiger partial charge in [-0.1, -0.05) is 19.9 Å². The Labute approximate surface area is 177 Å². The van der Waals surface area contributed by atoms with Crippen molar-refractivity contribution in [3.63, 3.8) is 0 Å². The van der Waals surface area contributed by atoms with Crippen molar-refractivity contribution in [1.29, 1.82) is 5.26 Å². The molecule has 0 saturated heterocycles. The van der Waals surface area contributed by atoms with Crippen molar-refractivity contribution in [2.24, 2.45) is 29.1 Å². The van der Waals surface area contributed by atoms with Crippen LogP contribution in [0.3, 0.4) is 0 Å². The molecule has 2 amide bonds. The van der Waals surface area contributed by atoms with Gasteiger partial charge in [0, 0.05) is 17.5 Å². The standard InChI is InChI=1S/C24H30FN3O2/c1-14(2)21(22(29)27-13-19-4-3-15(12-26)8-20(19)25)28-23(30)24-9-16-5-17(10-24)7-18(6-16)11-24/h3-4,8,14,16-18,21H,5-7,9-11,13H2,1-2H3,(H,27,29)(H,28,30)/t16?,17?,18?,21-,24?/m0/s1. The topological polar surface area (TPSA) is 82.0 Å². The lowest BCUT2D eigenvalue weighted by molar-refractivity contribution is -0.149. The van der Waals surface area contributed by atoms with Gasteiger partial charge in [-0.2, -0.15) is 5.26 Å². The smallest absolute Gasteiger partial charge is 0.243 e. The monoisotopic (exact) mass is 411 g/mol. The lowest BCUT2D eigenvalue weighted by Crippen LogP contribution is -2.58. The summed E-state index contributed by atoms with van der Waals surface area (Å²) < 4.78 is 14.1. The number of carbonyl (C=O) groups excluding carboxylic acids is 2. The number of benzene rings is 1. The van der Waals surface area contributed by atoms with Crippen LogP contribution in [0, 0.1) is 46.2 Å². The van der Waals surface area contributed by atoms with Crippen LogP contribution in [0.2, 0.25) is 0 Å². The van der Waals surface area contributed by atoms with Gasteiger partial charge in [-0.15, -0.1) is 0 Å². The zero-order chi connectivity index (χ0) is 21.5. The highest BCUT2D eigenvalue weighted by Gasteiger charge is 2.55. The first kappa shape index (κ1) is 20.8. The maximum Gasteiger partial charge on any atom is 0.243 e. The molecule has 0 radical (unpaired) electrons. The molecule has 1 aromatic rings. The van der Waals surface area contributed by atoms with Gasteiger partial charge in [0.15, 0.2) is 0 Å². The van der Waals surface area contributed by atoms with Crippen molar-refractivity contribution in [2.75, 3.05) is 0 Å². The maximum absolute atomic E-state index is 14.1. The molecule has 4 saturated carbocycles. The molecule has 0 aromatic heterocycles. The van der Waals surface area contributed by atoms with Gasteiger partial charge < -0.3 is 10.6 Å². The predicted octanol–water partition coefficient (Wildman–Crippen LogP) is 3.67. The van der Waals surface area contributed by atoms with Gasteiger partial charge in [-0.3, -0.25) is 9.59 Å². The van der Waals surface area contributed by atoms with E-state index in [1.807, 2.05) is 19.9 Å². The summed E-state index contributed by atoms with van der Waals surface area (Å²) >= 11 is 0. The number of rotatable bonds is 6. The van der Waals surface area contributed by atoms with E-state index in [0.29, 0.717) is 23.3 Å². The Morgan fingerprint density at radius 2 is 1.77 bits per heavy atom. The molecule has 5 rings (SSSR count). The van der Waals surface area contributed by atoms with Crippen LogP contribution in [0.4, 0.5) is 4.39 Å². The number of hydrogen-bond acceptors (Lipinski definition) is 3. The average Bonchev–Trinajstić information content (AvgIpc) is 2.69. The van der Waals surface area contributed by atoms with E-state index in [9.17, 15) is 14.0 Å². The van der Waals surface area contributed by atoms with E-state index in [4.69, 9.17) is 5.26 Å². The number of nitrogens with zero attached hydrogens (tertiary/aromatic N) is 1. The van der Waals surface area contributed by atoms with Crippen molar-refractivity contribution in [3.05, 3.63) is 35.1 Å². The third-order valence-electron chi connectivity index (χ3n) is 7.39. The fourth-order valence-electron chi connectivity index (χ4n) is 6.27. The van der Waals surface area contributed by atoms with Crippen molar-refractivity contribution in [2.45, 2.75) is 65.0 Å². The zero-order valence-corrected chi connectivity index (χ0v) is 17.7. The molecule has 0 spiro atoms. The molecule has 4 aliphatic rings. The third kappa shape index (κ3) is 3.95. The maximum atomic E-state index is 14.1. The van der Waals surface area contributed by atoms with Crippen LogP contribution in [-0.2, 0) is 16.1 Å². The van der Waals surface area contributed by atoms with Gasteiger partial charge in [-0.25, -0.2) is 4.39 Å². The van der Waals surface area contributed by atoms with Gasteiger partial charge >= 0.3 is 0 Å². The second-order valence-corrected chi connectivity index (χ2v) is 10.0. The minimum atomic E-state index is -0.646. The van der Waals surface area contributed by atoms with E-state index in [-0.39, 0.29) is 35.3 Å². The molecule has 1 aromatic carbocycles. The highest BCUT2D eigenvalue weighted by atomic mass is 19.1. The number of carbonyl (C=O) groups is 2. The lowest BCUT2D eigenvalue weighted by Gasteiger charge is -2.55. The summed E-state index contributed by atoms with van der Waals surface area (Å²) in [6.07, 6.45) is 6.64. The summed E-state index contributed by atoms with van der Waals surface area (Å²) in [5.74, 6) is 1.11. The third-order valence-corrected chi connectivity index (χ3v) is 7.39. The summed E-state index contributed by atoms with van der Waals surface area (Å²) in [6, 6.07) is 5.44. The highest BCUT2D eigenvalue weighted by Crippen LogP contribution is 2.60. The molecule has 4 bridgehead atoms. The molecular formula is C24H30FN3O2. The summed E-state index contributed by atoms with van der Waals surface area (Å²) in [6.45, 7) is 3.84. The summed E-state index contributed by atoms with van der Waals surface area (Å²) in [4.78, 5) is 26.2. The number of halogens is 1. The van der Waals surface area contributed by atoms with Crippen LogP contribution in [0.25, 0.3) is 0 Å². The second-order valence-electron chi connectivity index (χ2n) is 10.0. The SMILES string of the molecule is CC(C)[C@H](NC(=O)C12CC3CC(CC(C3)C1)C2)C(=O)NCc1ccc(C#N)cc1F. The van der Waals surface area contributed by atoms with Crippen LogP contribution in [0.1, 0.15) is 63.5 Å². The quantitative estimate of drug-likeness (QED) is 0.749. The molecule has 0 aliphatic heterocycles. The van der Waals surface area contributed by atoms with E-state index in [1.54, 1.807) is 0 Å². The molecule has 0 unspecified atom stereocenters. The molecule has 4 fully saturated rings. The average molecular weight is 412 g/mol. The first-order valence-corrected chi connectivity index (χ1v) is 11.1. The number of amides is 2. The van der Waals surface area contributed by atoms with Crippen molar-refractivity contribution in [1.82, 2.24) is 10.6 Å². The Kier molecular flexibility index (Phi) is 5.57. The highest BCUT2D eigenvalue weighted by molar-refractivity contribution is 5.90. The molecule has 1 atom stereocenters. The number of nitrogens with one attached hydrogen (secondary N) is 2. The fourth-order valence-corrected chi connectivity index (χ4v) is 6.27. The van der Waals surface area contributed by atoms with E-state index >= 15 is 0 Å². The van der Waals surface area contributed by atoms with Crippen LogP contribution >= 0.6 is 0 Å². The number of hydrogen-bond donors (Lipinski definition) is 2. The van der Waals surface area contributed by atoms with E-state index in [1.165, 1.54) is 31.4 Å². The lowest BCUT2D eigenvalue weighted by atomic mass is 9.49. The zero-order valence-electron chi connectivity index (χ0n) is 17.7. The van der Waals surface area contributed by atoms with Gasteiger partial charge in [0.2, 0.25) is 11.8 Å². The van der Waals surface area contributed by atoms with Crippen LogP contribution < -0.4 is 10.6 Å². The molecule has 4 aliphatic carbocycles. The Hall–Kier alpha value is -2.42. The van der Waals surface area contributed by atoms with Crippen molar-refractivity contribution < 1.29 is 14.0 Å². The van der Waals surface area contributed by atoms with Crippen molar-refractivity contribution >= 4 is 11.8 Å². The molecular weight excluding hydrogens is 381 g/mol. The Morgan fingerprint density at radius 1 is 1.17 bits per heavy atom. The minimum absolute atomic E-state index is 0.0207. The predicted molar refractivity (Wildman–Crippen MR) is 110 cm³/mol. The molecule has 160 valence electrons.